The first kappa shape index (κ1) is 15.6. The number of ether oxygens (including phenoxy) is 1. The molecule has 120 valence electrons. The van der Waals surface area contributed by atoms with Gasteiger partial charge in [-0.25, -0.2) is 4.79 Å². The van der Waals surface area contributed by atoms with Crippen LogP contribution in [0.1, 0.15) is 24.0 Å². The summed E-state index contributed by atoms with van der Waals surface area (Å²) in [5.41, 5.74) is 3.01. The van der Waals surface area contributed by atoms with Gasteiger partial charge in [-0.3, -0.25) is 4.90 Å². The molecule has 0 fully saturated rings. The Labute approximate surface area is 136 Å². The van der Waals surface area contributed by atoms with Crippen molar-refractivity contribution in [2.24, 2.45) is 0 Å². The lowest BCUT2D eigenvalue weighted by molar-refractivity contribution is 0.142. The molecule has 1 aliphatic rings. The van der Waals surface area contributed by atoms with E-state index in [1.807, 2.05) is 54.6 Å². The molecule has 4 nitrogen and oxygen atoms in total. The lowest BCUT2D eigenvalue weighted by Crippen LogP contribution is -2.44. The van der Waals surface area contributed by atoms with Gasteiger partial charge in [0.1, 0.15) is 6.61 Å². The van der Waals surface area contributed by atoms with Crippen LogP contribution >= 0.6 is 0 Å². The van der Waals surface area contributed by atoms with E-state index in [0.717, 1.165) is 29.7 Å². The van der Waals surface area contributed by atoms with Gasteiger partial charge in [-0.2, -0.15) is 0 Å². The number of para-hydroxylation sites is 1. The van der Waals surface area contributed by atoms with Crippen LogP contribution in [-0.2, 0) is 17.8 Å². The third kappa shape index (κ3) is 3.54. The Morgan fingerprint density at radius 2 is 1.87 bits per heavy atom. The lowest BCUT2D eigenvalue weighted by atomic mass is 9.94. The van der Waals surface area contributed by atoms with E-state index in [-0.39, 0.29) is 25.3 Å². The van der Waals surface area contributed by atoms with Gasteiger partial charge < -0.3 is 9.84 Å². The molecular weight excluding hydrogens is 290 g/mol. The van der Waals surface area contributed by atoms with Gasteiger partial charge in [-0.05, 0) is 36.5 Å². The van der Waals surface area contributed by atoms with E-state index >= 15 is 0 Å². The minimum atomic E-state index is -0.348. The van der Waals surface area contributed by atoms with Crippen LogP contribution in [0.5, 0.6) is 0 Å². The van der Waals surface area contributed by atoms with Crippen LogP contribution in [0, 0.1) is 0 Å². The second-order valence-corrected chi connectivity index (χ2v) is 5.74. The van der Waals surface area contributed by atoms with Gasteiger partial charge >= 0.3 is 6.09 Å². The zero-order chi connectivity index (χ0) is 16.1. The molecule has 0 spiro atoms. The maximum Gasteiger partial charge on any atom is 0.414 e. The quantitative estimate of drug-likeness (QED) is 0.940. The number of carbonyl (C=O) groups excluding carboxylic acids is 1. The summed E-state index contributed by atoms with van der Waals surface area (Å²) in [6, 6.07) is 17.5. The number of amides is 1. The third-order valence-corrected chi connectivity index (χ3v) is 4.23. The molecule has 0 aromatic heterocycles. The predicted molar refractivity (Wildman–Crippen MR) is 89.4 cm³/mol. The number of benzene rings is 2. The lowest BCUT2D eigenvalue weighted by Gasteiger charge is -2.36. The van der Waals surface area contributed by atoms with Crippen molar-refractivity contribution >= 4 is 11.8 Å². The SMILES string of the molecule is O=C(OCc1ccccc1)N1c2ccccc2CC[C@@H]1CCO. The summed E-state index contributed by atoms with van der Waals surface area (Å²) in [4.78, 5) is 14.3. The van der Waals surface area contributed by atoms with Gasteiger partial charge in [-0.15, -0.1) is 0 Å². The predicted octanol–water partition coefficient (Wildman–Crippen LogP) is 3.53. The molecule has 0 saturated heterocycles. The van der Waals surface area contributed by atoms with Crippen LogP contribution in [0.3, 0.4) is 0 Å². The van der Waals surface area contributed by atoms with Crippen molar-refractivity contribution in [2.45, 2.75) is 31.9 Å². The average Bonchev–Trinajstić information content (AvgIpc) is 2.60. The van der Waals surface area contributed by atoms with E-state index in [0.29, 0.717) is 6.42 Å². The molecule has 23 heavy (non-hydrogen) atoms. The highest BCUT2D eigenvalue weighted by Crippen LogP contribution is 2.32. The summed E-state index contributed by atoms with van der Waals surface area (Å²) in [6.45, 7) is 0.319. The number of fused-ring (bicyclic) bond motifs is 1. The molecular formula is C19H21NO3. The van der Waals surface area contributed by atoms with E-state index in [1.165, 1.54) is 0 Å². The Morgan fingerprint density at radius 3 is 2.65 bits per heavy atom. The van der Waals surface area contributed by atoms with Crippen LogP contribution in [0.2, 0.25) is 0 Å². The van der Waals surface area contributed by atoms with Gasteiger partial charge in [0.25, 0.3) is 0 Å². The number of hydrogen-bond acceptors (Lipinski definition) is 3. The second-order valence-electron chi connectivity index (χ2n) is 5.74. The molecule has 1 heterocycles. The largest absolute Gasteiger partial charge is 0.444 e. The maximum atomic E-state index is 12.6. The molecule has 2 aromatic carbocycles. The van der Waals surface area contributed by atoms with E-state index in [2.05, 4.69) is 0 Å². The number of hydrogen-bond donors (Lipinski definition) is 1. The number of aliphatic hydroxyl groups excluding tert-OH is 1. The second kappa shape index (κ2) is 7.29. The molecule has 1 aliphatic heterocycles. The molecule has 0 radical (unpaired) electrons. The van der Waals surface area contributed by atoms with E-state index < -0.39 is 0 Å². The summed E-state index contributed by atoms with van der Waals surface area (Å²) in [5, 5.41) is 9.30. The van der Waals surface area contributed by atoms with Crippen LogP contribution in [0.15, 0.2) is 54.6 Å². The van der Waals surface area contributed by atoms with Gasteiger partial charge in [0.05, 0.1) is 5.69 Å². The smallest absolute Gasteiger partial charge is 0.414 e. The molecule has 2 aromatic rings. The van der Waals surface area contributed by atoms with Crippen LogP contribution < -0.4 is 4.90 Å². The van der Waals surface area contributed by atoms with Crippen LogP contribution in [0.4, 0.5) is 10.5 Å². The number of rotatable bonds is 4. The monoisotopic (exact) mass is 311 g/mol. The Hall–Kier alpha value is -2.33. The standard InChI is InChI=1S/C19H21NO3/c21-13-12-17-11-10-16-8-4-5-9-18(16)20(17)19(22)23-14-15-6-2-1-3-7-15/h1-9,17,21H,10-14H2/t17-/m1/s1. The number of aryl methyl sites for hydroxylation is 1. The van der Waals surface area contributed by atoms with Crippen LogP contribution in [0.25, 0.3) is 0 Å². The van der Waals surface area contributed by atoms with Crippen molar-refractivity contribution in [3.63, 3.8) is 0 Å². The Balaban J connectivity index is 1.77. The highest BCUT2D eigenvalue weighted by atomic mass is 16.6. The zero-order valence-electron chi connectivity index (χ0n) is 13.0. The zero-order valence-corrected chi connectivity index (χ0v) is 13.0. The topological polar surface area (TPSA) is 49.8 Å². The number of anilines is 1. The van der Waals surface area contributed by atoms with Crippen molar-refractivity contribution in [3.05, 3.63) is 65.7 Å². The minimum Gasteiger partial charge on any atom is -0.444 e. The molecule has 4 heteroatoms. The third-order valence-electron chi connectivity index (χ3n) is 4.23. The highest BCUT2D eigenvalue weighted by molar-refractivity contribution is 5.90. The first-order chi connectivity index (χ1) is 11.3. The number of aliphatic hydroxyl groups is 1. The molecule has 0 bridgehead atoms. The summed E-state index contributed by atoms with van der Waals surface area (Å²) in [7, 11) is 0. The molecule has 0 saturated carbocycles. The highest BCUT2D eigenvalue weighted by Gasteiger charge is 2.31. The van der Waals surface area contributed by atoms with Crippen LogP contribution in [-0.4, -0.2) is 23.8 Å². The van der Waals surface area contributed by atoms with Crippen molar-refractivity contribution in [2.75, 3.05) is 11.5 Å². The maximum absolute atomic E-state index is 12.6. The normalized spacial score (nSPS) is 16.7. The molecule has 3 rings (SSSR count). The van der Waals surface area contributed by atoms with Gasteiger partial charge in [0.2, 0.25) is 0 Å². The van der Waals surface area contributed by atoms with Gasteiger partial charge in [0, 0.05) is 12.6 Å². The Kier molecular flexibility index (Phi) is 4.93. The average molecular weight is 311 g/mol. The molecule has 0 aliphatic carbocycles. The van der Waals surface area contributed by atoms with E-state index in [9.17, 15) is 9.90 Å². The van der Waals surface area contributed by atoms with Crippen molar-refractivity contribution < 1.29 is 14.6 Å². The molecule has 0 unspecified atom stereocenters. The number of nitrogens with zero attached hydrogens (tertiary/aromatic N) is 1. The first-order valence-corrected chi connectivity index (χ1v) is 7.98. The summed E-state index contributed by atoms with van der Waals surface area (Å²) >= 11 is 0. The Bertz CT molecular complexity index is 657. The Morgan fingerprint density at radius 1 is 1.13 bits per heavy atom. The van der Waals surface area contributed by atoms with Crippen molar-refractivity contribution in [1.82, 2.24) is 0 Å². The fraction of sp³-hybridized carbons (Fsp3) is 0.316. The fourth-order valence-electron chi connectivity index (χ4n) is 3.06. The molecule has 1 amide bonds. The van der Waals surface area contributed by atoms with Gasteiger partial charge in [0.15, 0.2) is 0 Å². The minimum absolute atomic E-state index is 0.0156. The molecule has 1 atom stereocenters. The van der Waals surface area contributed by atoms with Gasteiger partial charge in [-0.1, -0.05) is 48.5 Å². The number of carbonyl (C=O) groups is 1. The van der Waals surface area contributed by atoms with Crippen molar-refractivity contribution in [1.29, 1.82) is 0 Å². The van der Waals surface area contributed by atoms with E-state index in [1.54, 1.807) is 4.90 Å². The summed E-state index contributed by atoms with van der Waals surface area (Å²) < 4.78 is 5.51. The van der Waals surface area contributed by atoms with E-state index in [4.69, 9.17) is 4.74 Å². The molecule has 1 N–H and O–H groups in total. The summed E-state index contributed by atoms with van der Waals surface area (Å²) in [6.07, 6.45) is 1.98. The fourth-order valence-corrected chi connectivity index (χ4v) is 3.06. The summed E-state index contributed by atoms with van der Waals surface area (Å²) in [5.74, 6) is 0. The van der Waals surface area contributed by atoms with Crippen molar-refractivity contribution in [3.8, 4) is 0 Å². The first-order valence-electron chi connectivity index (χ1n) is 7.98.